The first-order valence-electron chi connectivity index (χ1n) is 8.20. The largest absolute Gasteiger partial charge is 0.462 e. The van der Waals surface area contributed by atoms with Gasteiger partial charge in [0, 0.05) is 7.05 Å². The average molecular weight is 414 g/mol. The highest BCUT2D eigenvalue weighted by Gasteiger charge is 2.28. The Kier molecular flexibility index (Phi) is 6.61. The van der Waals surface area contributed by atoms with Gasteiger partial charge in [0.25, 0.3) is 5.91 Å². The summed E-state index contributed by atoms with van der Waals surface area (Å²) in [7, 11) is 1.66. The number of nitrogens with zero attached hydrogens (tertiary/aromatic N) is 2. The second-order valence-corrected chi connectivity index (χ2v) is 6.93. The van der Waals surface area contributed by atoms with Gasteiger partial charge in [0.15, 0.2) is 5.69 Å². The molecule has 0 aliphatic heterocycles. The van der Waals surface area contributed by atoms with E-state index in [2.05, 4.69) is 10.4 Å². The van der Waals surface area contributed by atoms with Gasteiger partial charge in [0.05, 0.1) is 29.5 Å². The van der Waals surface area contributed by atoms with E-state index in [0.717, 1.165) is 11.3 Å². The lowest BCUT2D eigenvalue weighted by Crippen LogP contribution is -2.16. The number of rotatable bonds is 6. The van der Waals surface area contributed by atoms with Crippen LogP contribution >= 0.6 is 22.9 Å². The van der Waals surface area contributed by atoms with Crippen molar-refractivity contribution in [1.29, 1.82) is 0 Å². The fraction of sp³-hybridized carbons (Fsp3) is 0.412. The van der Waals surface area contributed by atoms with Gasteiger partial charge in [0.2, 0.25) is 0 Å². The molecule has 2 heterocycles. The molecule has 0 spiro atoms. The summed E-state index contributed by atoms with van der Waals surface area (Å²) in [4.78, 5) is 37.4. The van der Waals surface area contributed by atoms with Gasteiger partial charge in [-0.1, -0.05) is 11.6 Å². The van der Waals surface area contributed by atoms with E-state index >= 15 is 0 Å². The van der Waals surface area contributed by atoms with Crippen molar-refractivity contribution in [2.24, 2.45) is 7.05 Å². The molecule has 2 aromatic rings. The minimum atomic E-state index is -0.639. The number of ether oxygens (including phenoxy) is 2. The molecule has 0 bridgehead atoms. The molecule has 1 N–H and O–H groups in total. The van der Waals surface area contributed by atoms with Crippen molar-refractivity contribution in [3.63, 3.8) is 0 Å². The molecular formula is C17H20ClN3O5S. The van der Waals surface area contributed by atoms with Crippen LogP contribution in [0.5, 0.6) is 0 Å². The third kappa shape index (κ3) is 4.14. The van der Waals surface area contributed by atoms with Gasteiger partial charge in [-0.05, 0) is 33.3 Å². The van der Waals surface area contributed by atoms with Crippen LogP contribution in [0.25, 0.3) is 0 Å². The van der Waals surface area contributed by atoms with Crippen molar-refractivity contribution in [1.82, 2.24) is 9.78 Å². The predicted molar refractivity (Wildman–Crippen MR) is 102 cm³/mol. The number of carbonyl (C=O) groups is 3. The van der Waals surface area contributed by atoms with Crippen LogP contribution in [0.15, 0.2) is 0 Å². The molecular weight excluding hydrogens is 394 g/mol. The normalized spacial score (nSPS) is 10.6. The first-order valence-corrected chi connectivity index (χ1v) is 9.40. The molecule has 2 aromatic heterocycles. The van der Waals surface area contributed by atoms with Gasteiger partial charge < -0.3 is 14.8 Å². The second kappa shape index (κ2) is 8.53. The topological polar surface area (TPSA) is 99.5 Å². The van der Waals surface area contributed by atoms with Crippen LogP contribution in [0.4, 0.5) is 5.00 Å². The van der Waals surface area contributed by atoms with Crippen LogP contribution in [0.2, 0.25) is 5.02 Å². The van der Waals surface area contributed by atoms with Crippen LogP contribution in [0.1, 0.15) is 55.6 Å². The lowest BCUT2D eigenvalue weighted by Gasteiger charge is -2.06. The van der Waals surface area contributed by atoms with E-state index in [1.165, 1.54) is 4.68 Å². The quantitative estimate of drug-likeness (QED) is 0.729. The van der Waals surface area contributed by atoms with E-state index in [9.17, 15) is 14.4 Å². The first kappa shape index (κ1) is 20.9. The number of amides is 1. The number of anilines is 1. The number of carbonyl (C=O) groups excluding carboxylic acids is 3. The fourth-order valence-corrected chi connectivity index (χ4v) is 3.66. The van der Waals surface area contributed by atoms with E-state index in [1.807, 2.05) is 0 Å². The lowest BCUT2D eigenvalue weighted by molar-refractivity contribution is 0.0527. The summed E-state index contributed by atoms with van der Waals surface area (Å²) < 4.78 is 11.5. The highest BCUT2D eigenvalue weighted by atomic mass is 35.5. The van der Waals surface area contributed by atoms with Crippen LogP contribution in [-0.2, 0) is 16.5 Å². The Morgan fingerprint density at radius 1 is 1.15 bits per heavy atom. The molecule has 0 radical (unpaired) electrons. The molecule has 0 atom stereocenters. The highest BCUT2D eigenvalue weighted by Crippen LogP contribution is 2.35. The number of hydrogen-bond acceptors (Lipinski definition) is 7. The molecule has 2 rings (SSSR count). The first-order chi connectivity index (χ1) is 12.7. The molecule has 1 amide bonds. The highest BCUT2D eigenvalue weighted by molar-refractivity contribution is 7.18. The average Bonchev–Trinajstić information content (AvgIpc) is 3.06. The summed E-state index contributed by atoms with van der Waals surface area (Å²) in [6.07, 6.45) is 0. The van der Waals surface area contributed by atoms with Crippen LogP contribution in [-0.4, -0.2) is 40.8 Å². The van der Waals surface area contributed by atoms with Crippen LogP contribution in [0, 0.1) is 13.8 Å². The minimum Gasteiger partial charge on any atom is -0.462 e. The molecule has 0 fully saturated rings. The Hall–Kier alpha value is -2.39. The SMILES string of the molecule is CCOC(=O)c1sc(NC(=O)c2nn(C)c(C)c2Cl)c(C(=O)OCC)c1C. The summed E-state index contributed by atoms with van der Waals surface area (Å²) in [5, 5.41) is 7.09. The van der Waals surface area contributed by atoms with E-state index < -0.39 is 17.8 Å². The summed E-state index contributed by atoms with van der Waals surface area (Å²) >= 11 is 7.09. The van der Waals surface area contributed by atoms with Crippen molar-refractivity contribution in [2.75, 3.05) is 18.5 Å². The summed E-state index contributed by atoms with van der Waals surface area (Å²) in [6, 6.07) is 0. The standard InChI is InChI=1S/C17H20ClN3O5S/c1-6-25-16(23)10-8(3)13(17(24)26-7-2)27-15(10)19-14(22)12-11(18)9(4)21(5)20-12/h6-7H2,1-5H3,(H,19,22). The zero-order valence-corrected chi connectivity index (χ0v) is 17.2. The molecule has 0 saturated heterocycles. The van der Waals surface area contributed by atoms with E-state index in [-0.39, 0.29) is 39.4 Å². The molecule has 10 heteroatoms. The number of aromatic nitrogens is 2. The van der Waals surface area contributed by atoms with E-state index in [1.54, 1.807) is 34.7 Å². The van der Waals surface area contributed by atoms with Gasteiger partial charge in [0.1, 0.15) is 9.88 Å². The van der Waals surface area contributed by atoms with Gasteiger partial charge in [-0.3, -0.25) is 9.48 Å². The number of nitrogens with one attached hydrogen (secondary N) is 1. The van der Waals surface area contributed by atoms with Crippen molar-refractivity contribution in [2.45, 2.75) is 27.7 Å². The Morgan fingerprint density at radius 3 is 2.26 bits per heavy atom. The predicted octanol–water partition coefficient (Wildman–Crippen LogP) is 3.36. The van der Waals surface area contributed by atoms with Crippen molar-refractivity contribution in [3.8, 4) is 0 Å². The maximum absolute atomic E-state index is 12.6. The summed E-state index contributed by atoms with van der Waals surface area (Å²) in [5.74, 6) is -1.80. The molecule has 0 aliphatic rings. The van der Waals surface area contributed by atoms with Crippen molar-refractivity contribution < 1.29 is 23.9 Å². The van der Waals surface area contributed by atoms with Crippen molar-refractivity contribution in [3.05, 3.63) is 32.4 Å². The summed E-state index contributed by atoms with van der Waals surface area (Å²) in [5.41, 5.74) is 1.15. The van der Waals surface area contributed by atoms with Crippen LogP contribution in [0.3, 0.4) is 0 Å². The van der Waals surface area contributed by atoms with Crippen LogP contribution < -0.4 is 5.32 Å². The third-order valence-electron chi connectivity index (χ3n) is 3.79. The number of aryl methyl sites for hydroxylation is 1. The molecule has 8 nitrogen and oxygen atoms in total. The fourth-order valence-electron chi connectivity index (χ4n) is 2.33. The van der Waals surface area contributed by atoms with Gasteiger partial charge in [-0.15, -0.1) is 11.3 Å². The Bertz CT molecular complexity index is 903. The minimum absolute atomic E-state index is 0.0233. The molecule has 27 heavy (non-hydrogen) atoms. The van der Waals surface area contributed by atoms with Crippen molar-refractivity contribution >= 4 is 45.8 Å². The maximum atomic E-state index is 12.6. The number of esters is 2. The molecule has 0 aromatic carbocycles. The Morgan fingerprint density at radius 2 is 1.74 bits per heavy atom. The number of halogens is 1. The van der Waals surface area contributed by atoms with E-state index in [4.69, 9.17) is 21.1 Å². The Labute approximate surface area is 165 Å². The third-order valence-corrected chi connectivity index (χ3v) is 5.43. The smallest absolute Gasteiger partial charge is 0.348 e. The van der Waals surface area contributed by atoms with Gasteiger partial charge in [-0.25, -0.2) is 9.59 Å². The summed E-state index contributed by atoms with van der Waals surface area (Å²) in [6.45, 7) is 7.02. The maximum Gasteiger partial charge on any atom is 0.348 e. The van der Waals surface area contributed by atoms with E-state index in [0.29, 0.717) is 11.3 Å². The number of hydrogen-bond donors (Lipinski definition) is 1. The zero-order chi connectivity index (χ0) is 20.3. The lowest BCUT2D eigenvalue weighted by atomic mass is 10.1. The second-order valence-electron chi connectivity index (χ2n) is 5.53. The molecule has 0 unspecified atom stereocenters. The Balaban J connectivity index is 2.46. The number of thiophene rings is 1. The van der Waals surface area contributed by atoms with Gasteiger partial charge in [-0.2, -0.15) is 5.10 Å². The molecule has 146 valence electrons. The zero-order valence-electron chi connectivity index (χ0n) is 15.6. The van der Waals surface area contributed by atoms with Gasteiger partial charge >= 0.3 is 11.9 Å². The monoisotopic (exact) mass is 413 g/mol. The molecule has 0 saturated carbocycles. The molecule has 0 aliphatic carbocycles.